The average molecular weight is 711 g/mol. The lowest BCUT2D eigenvalue weighted by Gasteiger charge is -2.34. The molecule has 19 heteroatoms. The molecule has 2 N–H and O–H groups in total. The van der Waals surface area contributed by atoms with Crippen LogP contribution >= 0.6 is 0 Å². The number of hydrogen-bond donors (Lipinski definition) is 2. The van der Waals surface area contributed by atoms with E-state index < -0.39 is 71.7 Å². The average Bonchev–Trinajstić information content (AvgIpc) is 2.87. The maximum atomic E-state index is 13.6. The van der Waals surface area contributed by atoms with Crippen molar-refractivity contribution in [3.05, 3.63) is 46.8 Å². The Bertz CT molecular complexity index is 1650. The summed E-state index contributed by atoms with van der Waals surface area (Å²) in [6.07, 6.45) is 0.0822. The van der Waals surface area contributed by atoms with Crippen LogP contribution in [-0.4, -0.2) is 98.3 Å². The van der Waals surface area contributed by atoms with Gasteiger partial charge < -0.3 is 24.5 Å². The molecule has 0 aliphatic carbocycles. The molecule has 1 aromatic rings. The van der Waals surface area contributed by atoms with E-state index >= 15 is 0 Å². The van der Waals surface area contributed by atoms with E-state index in [1.807, 2.05) is 19.1 Å². The lowest BCUT2D eigenvalue weighted by atomic mass is 10.1. The van der Waals surface area contributed by atoms with Gasteiger partial charge in [0.05, 0.1) is 31.4 Å². The van der Waals surface area contributed by atoms with E-state index in [0.717, 1.165) is 16.7 Å². The summed E-state index contributed by atoms with van der Waals surface area (Å²) in [6.45, 7) is 6.69. The highest BCUT2D eigenvalue weighted by Gasteiger charge is 2.39. The normalized spacial score (nSPS) is 16.6. The van der Waals surface area contributed by atoms with E-state index in [2.05, 4.69) is 15.6 Å². The Morgan fingerprint density at radius 1 is 0.978 bits per heavy atom. The van der Waals surface area contributed by atoms with Gasteiger partial charge in [0.1, 0.15) is 11.4 Å². The van der Waals surface area contributed by atoms with Gasteiger partial charge in [-0.2, -0.15) is 25.3 Å². The number of carbonyl (C=O) groups excluding carboxylic acids is 2. The second-order valence-electron chi connectivity index (χ2n) is 11.6. The zero-order valence-electron chi connectivity index (χ0n) is 27.0. The number of unbranched alkanes of at least 4 members (excludes halogenated alkanes) is 1. The maximum Gasteiger partial charge on any atom is 0.410 e. The van der Waals surface area contributed by atoms with Crippen molar-refractivity contribution in [2.75, 3.05) is 32.4 Å². The number of rotatable bonds is 15. The van der Waals surface area contributed by atoms with Gasteiger partial charge in [-0.05, 0) is 52.5 Å². The Hall–Kier alpha value is -3.26. The fourth-order valence-electron chi connectivity index (χ4n) is 3.95. The SMILES string of the molecule is Cc1ccc(CNC(=O)C2=C(OS(C)(=O)=O)C(OS(C)(=O)=O)N=C(C(CCCCOS(C)(=O)=O)N(C)C(=O)OC(C)(C)C)N2)cc1. The molecule has 0 saturated heterocycles. The molecule has 0 bridgehead atoms. The van der Waals surface area contributed by atoms with Gasteiger partial charge in [-0.1, -0.05) is 29.8 Å². The number of amides is 2. The van der Waals surface area contributed by atoms with Gasteiger partial charge in [0.15, 0.2) is 5.70 Å². The number of carbonyl (C=O) groups is 2. The molecule has 1 aliphatic rings. The van der Waals surface area contributed by atoms with Gasteiger partial charge in [-0.25, -0.2) is 14.0 Å². The Labute approximate surface area is 270 Å². The summed E-state index contributed by atoms with van der Waals surface area (Å²) in [5.41, 5.74) is 0.262. The molecule has 0 spiro atoms. The first-order chi connectivity index (χ1) is 20.9. The third-order valence-corrected chi connectivity index (χ3v) is 7.53. The molecule has 2 amide bonds. The lowest BCUT2D eigenvalue weighted by molar-refractivity contribution is -0.118. The molecule has 0 fully saturated rings. The summed E-state index contributed by atoms with van der Waals surface area (Å²) < 4.78 is 92.0. The minimum Gasteiger partial charge on any atom is -0.444 e. The van der Waals surface area contributed by atoms with Crippen LogP contribution in [0.5, 0.6) is 0 Å². The predicted octanol–water partition coefficient (Wildman–Crippen LogP) is 1.49. The van der Waals surface area contributed by atoms with Gasteiger partial charge in [-0.3, -0.25) is 8.98 Å². The second-order valence-corrected chi connectivity index (χ2v) is 16.4. The molecule has 2 atom stereocenters. The van der Waals surface area contributed by atoms with Crippen molar-refractivity contribution >= 4 is 48.2 Å². The quantitative estimate of drug-likeness (QED) is 0.195. The molecule has 1 aromatic carbocycles. The zero-order chi connectivity index (χ0) is 35.1. The van der Waals surface area contributed by atoms with Crippen molar-refractivity contribution in [1.29, 1.82) is 0 Å². The van der Waals surface area contributed by atoms with E-state index in [9.17, 15) is 34.8 Å². The molecule has 2 rings (SSSR count). The number of nitrogens with zero attached hydrogens (tertiary/aromatic N) is 2. The van der Waals surface area contributed by atoms with E-state index in [1.165, 1.54) is 7.05 Å². The van der Waals surface area contributed by atoms with Crippen LogP contribution in [0.4, 0.5) is 4.79 Å². The summed E-state index contributed by atoms with van der Waals surface area (Å²) in [5, 5.41) is 5.36. The molecule has 260 valence electrons. The zero-order valence-corrected chi connectivity index (χ0v) is 29.5. The van der Waals surface area contributed by atoms with Crippen LogP contribution in [-0.2, 0) is 59.0 Å². The summed E-state index contributed by atoms with van der Waals surface area (Å²) >= 11 is 0. The monoisotopic (exact) mass is 710 g/mol. The van der Waals surface area contributed by atoms with Crippen LogP contribution in [0.15, 0.2) is 40.7 Å². The van der Waals surface area contributed by atoms with Crippen LogP contribution in [0.1, 0.15) is 51.2 Å². The van der Waals surface area contributed by atoms with Crippen molar-refractivity contribution in [3.8, 4) is 0 Å². The molecule has 46 heavy (non-hydrogen) atoms. The summed E-state index contributed by atoms with van der Waals surface area (Å²) in [4.78, 5) is 32.1. The number of likely N-dealkylation sites (N-methyl/N-ethyl adjacent to an activating group) is 1. The highest BCUT2D eigenvalue weighted by molar-refractivity contribution is 7.86. The number of nitrogens with one attached hydrogen (secondary N) is 2. The highest BCUT2D eigenvalue weighted by atomic mass is 32.2. The number of ether oxygens (including phenoxy) is 1. The number of amidine groups is 1. The minimum atomic E-state index is -4.34. The van der Waals surface area contributed by atoms with Gasteiger partial charge in [0, 0.05) is 13.6 Å². The fourth-order valence-corrected chi connectivity index (χ4v) is 5.32. The molecular formula is C27H42N4O12S3. The first-order valence-electron chi connectivity index (χ1n) is 13.9. The minimum absolute atomic E-state index is 0.00208. The van der Waals surface area contributed by atoms with Crippen LogP contribution in [0.3, 0.4) is 0 Å². The van der Waals surface area contributed by atoms with E-state index in [0.29, 0.717) is 18.1 Å². The maximum absolute atomic E-state index is 13.6. The molecule has 16 nitrogen and oxygen atoms in total. The van der Waals surface area contributed by atoms with E-state index in [-0.39, 0.29) is 38.2 Å². The Kier molecular flexibility index (Phi) is 13.2. The first kappa shape index (κ1) is 38.9. The molecule has 0 saturated carbocycles. The fraction of sp³-hybridized carbons (Fsp3) is 0.593. The number of aryl methyl sites for hydroxylation is 1. The Morgan fingerprint density at radius 3 is 2.11 bits per heavy atom. The number of benzene rings is 1. The first-order valence-corrected chi connectivity index (χ1v) is 19.4. The van der Waals surface area contributed by atoms with Gasteiger partial charge in [0.25, 0.3) is 26.1 Å². The highest BCUT2D eigenvalue weighted by Crippen LogP contribution is 2.25. The standard InChI is InChI=1S/C27H42N4O12S3/c1-18-12-14-19(15-13-18)17-28-24(32)21-22(42-45(7,36)37)25(43-46(8,38)39)30-23(29-21)20(11-9-10-16-40-44(6,34)35)31(5)26(33)41-27(2,3)4/h12-15,20,25H,9-11,16-17H2,1-8H3,(H,28,32)(H,29,30). The lowest BCUT2D eigenvalue weighted by Crippen LogP contribution is -2.53. The Morgan fingerprint density at radius 2 is 1.59 bits per heavy atom. The van der Waals surface area contributed by atoms with E-state index in [1.54, 1.807) is 32.9 Å². The molecule has 0 radical (unpaired) electrons. The van der Waals surface area contributed by atoms with Crippen LogP contribution < -0.4 is 10.6 Å². The Balaban J connectivity index is 2.57. The molecule has 2 unspecified atom stereocenters. The molecule has 1 aliphatic heterocycles. The predicted molar refractivity (Wildman–Crippen MR) is 169 cm³/mol. The summed E-state index contributed by atoms with van der Waals surface area (Å²) in [7, 11) is -11.0. The smallest absolute Gasteiger partial charge is 0.410 e. The summed E-state index contributed by atoms with van der Waals surface area (Å²) in [6, 6.07) is 6.16. The van der Waals surface area contributed by atoms with Crippen molar-refractivity contribution in [2.45, 2.75) is 71.4 Å². The van der Waals surface area contributed by atoms with Crippen LogP contribution in [0, 0.1) is 6.92 Å². The van der Waals surface area contributed by atoms with Crippen LogP contribution in [0.25, 0.3) is 0 Å². The third-order valence-electron chi connectivity index (χ3n) is 5.92. The van der Waals surface area contributed by atoms with Crippen molar-refractivity contribution < 1.29 is 52.1 Å². The van der Waals surface area contributed by atoms with Gasteiger partial charge >= 0.3 is 16.2 Å². The third kappa shape index (κ3) is 14.0. The number of aliphatic imine (C=N–C) groups is 1. The number of hydrogen-bond acceptors (Lipinski definition) is 14. The molecule has 0 aromatic heterocycles. The topological polar surface area (TPSA) is 213 Å². The summed E-state index contributed by atoms with van der Waals surface area (Å²) in [5.74, 6) is -1.81. The van der Waals surface area contributed by atoms with Crippen LogP contribution in [0.2, 0.25) is 0 Å². The van der Waals surface area contributed by atoms with Crippen molar-refractivity contribution in [2.24, 2.45) is 4.99 Å². The van der Waals surface area contributed by atoms with Crippen molar-refractivity contribution in [3.63, 3.8) is 0 Å². The van der Waals surface area contributed by atoms with Crippen molar-refractivity contribution in [1.82, 2.24) is 15.5 Å². The largest absolute Gasteiger partial charge is 0.444 e. The van der Waals surface area contributed by atoms with Gasteiger partial charge in [-0.15, -0.1) is 0 Å². The second kappa shape index (κ2) is 15.6. The molecular weight excluding hydrogens is 669 g/mol. The molecule has 1 heterocycles. The van der Waals surface area contributed by atoms with E-state index in [4.69, 9.17) is 17.3 Å². The van der Waals surface area contributed by atoms with Gasteiger partial charge in [0.2, 0.25) is 12.0 Å².